The van der Waals surface area contributed by atoms with Crippen molar-refractivity contribution in [3.05, 3.63) is 63.1 Å². The van der Waals surface area contributed by atoms with E-state index in [0.717, 1.165) is 12.1 Å². The number of primary amides is 1. The first kappa shape index (κ1) is 25.7. The van der Waals surface area contributed by atoms with E-state index >= 15 is 0 Å². The number of amides is 2. The van der Waals surface area contributed by atoms with Gasteiger partial charge < -0.3 is 20.7 Å². The molecule has 1 aliphatic rings. The minimum absolute atomic E-state index is 0.00857. The number of benzene rings is 1. The molecule has 2 heterocycles. The fourth-order valence-corrected chi connectivity index (χ4v) is 3.91. The second-order valence-corrected chi connectivity index (χ2v) is 9.04. The summed E-state index contributed by atoms with van der Waals surface area (Å²) >= 11 is 0. The van der Waals surface area contributed by atoms with Crippen molar-refractivity contribution in [2.45, 2.75) is 44.8 Å². The molecule has 1 fully saturated rings. The number of anilines is 1. The summed E-state index contributed by atoms with van der Waals surface area (Å²) in [6.45, 7) is 5.14. The maximum absolute atomic E-state index is 14.6. The summed E-state index contributed by atoms with van der Waals surface area (Å²) in [5, 5.41) is 13.8. The summed E-state index contributed by atoms with van der Waals surface area (Å²) in [6, 6.07) is 2.74. The SMILES string of the molecule is CC(C)(C)OC(=O)N[C@H]1CN(c2ccc([N+](=O)[O-])c(C(N)=O)n2)CC[C@@H]1c1cc(F)c(F)cc1F. The molecule has 1 aromatic carbocycles. The van der Waals surface area contributed by atoms with Crippen LogP contribution in [0.4, 0.5) is 29.5 Å². The maximum Gasteiger partial charge on any atom is 0.407 e. The third kappa shape index (κ3) is 5.97. The van der Waals surface area contributed by atoms with Crippen molar-refractivity contribution in [1.29, 1.82) is 0 Å². The van der Waals surface area contributed by atoms with E-state index in [2.05, 4.69) is 10.3 Å². The highest BCUT2D eigenvalue weighted by Crippen LogP contribution is 2.34. The Bertz CT molecular complexity index is 1170. The number of rotatable bonds is 5. The number of pyridine rings is 1. The van der Waals surface area contributed by atoms with Crippen LogP contribution in [0.3, 0.4) is 0 Å². The molecule has 0 aliphatic carbocycles. The van der Waals surface area contributed by atoms with Crippen LogP contribution < -0.4 is 16.0 Å². The largest absolute Gasteiger partial charge is 0.444 e. The lowest BCUT2D eigenvalue weighted by Crippen LogP contribution is -2.53. The summed E-state index contributed by atoms with van der Waals surface area (Å²) in [6.07, 6.45) is -0.653. The van der Waals surface area contributed by atoms with Crippen LogP contribution in [0.5, 0.6) is 0 Å². The minimum atomic E-state index is -1.34. The highest BCUT2D eigenvalue weighted by Gasteiger charge is 2.36. The van der Waals surface area contributed by atoms with E-state index in [-0.39, 0.29) is 30.9 Å². The number of hydrogen-bond acceptors (Lipinski definition) is 7. The molecule has 0 bridgehead atoms. The highest BCUT2D eigenvalue weighted by molar-refractivity contribution is 5.95. The van der Waals surface area contributed by atoms with Gasteiger partial charge >= 0.3 is 11.8 Å². The lowest BCUT2D eigenvalue weighted by atomic mass is 9.84. The quantitative estimate of drug-likeness (QED) is 0.368. The van der Waals surface area contributed by atoms with Crippen LogP contribution in [0, 0.1) is 27.6 Å². The van der Waals surface area contributed by atoms with Gasteiger partial charge in [-0.15, -0.1) is 0 Å². The van der Waals surface area contributed by atoms with E-state index in [1.807, 2.05) is 0 Å². The number of nitrogens with two attached hydrogens (primary N) is 1. The van der Waals surface area contributed by atoms with Crippen LogP contribution in [0.15, 0.2) is 24.3 Å². The van der Waals surface area contributed by atoms with Crippen LogP contribution in [0.2, 0.25) is 0 Å². The third-order valence-electron chi connectivity index (χ3n) is 5.37. The molecule has 2 atom stereocenters. The molecule has 1 aliphatic heterocycles. The van der Waals surface area contributed by atoms with Crippen molar-refractivity contribution in [3.63, 3.8) is 0 Å². The molecular weight excluding hydrogens is 471 g/mol. The summed E-state index contributed by atoms with van der Waals surface area (Å²) in [5.41, 5.74) is 3.17. The number of carbonyl (C=O) groups is 2. The molecule has 0 radical (unpaired) electrons. The molecule has 2 aromatic rings. The van der Waals surface area contributed by atoms with Gasteiger partial charge in [0.2, 0.25) is 5.69 Å². The van der Waals surface area contributed by atoms with Gasteiger partial charge in [-0.05, 0) is 44.9 Å². The zero-order valence-corrected chi connectivity index (χ0v) is 19.2. The zero-order chi connectivity index (χ0) is 26.1. The van der Waals surface area contributed by atoms with Crippen molar-refractivity contribution in [3.8, 4) is 0 Å². The molecule has 13 heteroatoms. The van der Waals surface area contributed by atoms with E-state index in [0.29, 0.717) is 6.07 Å². The Kier molecular flexibility index (Phi) is 7.17. The van der Waals surface area contributed by atoms with E-state index in [1.165, 1.54) is 6.07 Å². The molecular formula is C22H24F3N5O5. The predicted octanol–water partition coefficient (Wildman–Crippen LogP) is 3.39. The molecule has 2 amide bonds. The van der Waals surface area contributed by atoms with Crippen molar-refractivity contribution in [1.82, 2.24) is 10.3 Å². The summed E-state index contributed by atoms with van der Waals surface area (Å²) < 4.78 is 47.3. The van der Waals surface area contributed by atoms with Crippen LogP contribution in [0.25, 0.3) is 0 Å². The molecule has 0 unspecified atom stereocenters. The number of aromatic nitrogens is 1. The second kappa shape index (κ2) is 9.76. The van der Waals surface area contributed by atoms with Gasteiger partial charge in [0.15, 0.2) is 11.6 Å². The Balaban J connectivity index is 1.96. The van der Waals surface area contributed by atoms with Crippen LogP contribution in [-0.4, -0.2) is 46.6 Å². The highest BCUT2D eigenvalue weighted by atomic mass is 19.2. The molecule has 1 saturated heterocycles. The molecule has 1 aromatic heterocycles. The van der Waals surface area contributed by atoms with Gasteiger partial charge in [0, 0.05) is 31.1 Å². The monoisotopic (exact) mass is 495 g/mol. The molecule has 3 rings (SSSR count). The van der Waals surface area contributed by atoms with Gasteiger partial charge in [0.05, 0.1) is 11.0 Å². The molecule has 3 N–H and O–H groups in total. The first-order valence-electron chi connectivity index (χ1n) is 10.6. The molecule has 0 spiro atoms. The predicted molar refractivity (Wildman–Crippen MR) is 118 cm³/mol. The number of nitrogens with zero attached hydrogens (tertiary/aromatic N) is 3. The van der Waals surface area contributed by atoms with Crippen molar-refractivity contribution >= 4 is 23.5 Å². The maximum atomic E-state index is 14.6. The Hall–Kier alpha value is -3.90. The number of hydrogen-bond donors (Lipinski definition) is 2. The number of piperidine rings is 1. The van der Waals surface area contributed by atoms with Crippen molar-refractivity contribution in [2.75, 3.05) is 18.0 Å². The first-order chi connectivity index (χ1) is 16.3. The van der Waals surface area contributed by atoms with Crippen molar-refractivity contribution < 1.29 is 32.4 Å². The van der Waals surface area contributed by atoms with Gasteiger partial charge in [-0.2, -0.15) is 0 Å². The average Bonchev–Trinajstić information content (AvgIpc) is 2.74. The van der Waals surface area contributed by atoms with Crippen LogP contribution in [0.1, 0.15) is 49.2 Å². The minimum Gasteiger partial charge on any atom is -0.444 e. The normalized spacial score (nSPS) is 18.2. The number of halogens is 3. The second-order valence-electron chi connectivity index (χ2n) is 9.04. The van der Waals surface area contributed by atoms with E-state index < -0.39 is 63.3 Å². The van der Waals surface area contributed by atoms with Gasteiger partial charge in [0.25, 0.3) is 5.91 Å². The topological polar surface area (TPSA) is 141 Å². The fourth-order valence-electron chi connectivity index (χ4n) is 3.91. The van der Waals surface area contributed by atoms with Gasteiger partial charge in [0.1, 0.15) is 17.2 Å². The molecule has 35 heavy (non-hydrogen) atoms. The number of alkyl carbamates (subject to hydrolysis) is 1. The van der Waals surface area contributed by atoms with Gasteiger partial charge in [-0.1, -0.05) is 0 Å². The van der Waals surface area contributed by atoms with Crippen LogP contribution >= 0.6 is 0 Å². The summed E-state index contributed by atoms with van der Waals surface area (Å²) in [5.74, 6) is -5.24. The molecule has 188 valence electrons. The Morgan fingerprint density at radius 3 is 2.46 bits per heavy atom. The first-order valence-corrected chi connectivity index (χ1v) is 10.6. The third-order valence-corrected chi connectivity index (χ3v) is 5.37. The number of nitrogens with one attached hydrogen (secondary N) is 1. The van der Waals surface area contributed by atoms with E-state index in [9.17, 15) is 32.9 Å². The zero-order valence-electron chi connectivity index (χ0n) is 19.2. The van der Waals surface area contributed by atoms with E-state index in [4.69, 9.17) is 10.5 Å². The number of nitro groups is 1. The standard InChI is InChI=1S/C22H24F3N5O5/c1-22(2,3)35-21(32)27-16-10-29(18-5-4-17(30(33)34)19(28-18)20(26)31)7-6-11(16)12-8-14(24)15(25)9-13(12)23/h4-5,8-9,11,16H,6-7,10H2,1-3H3,(H2,26,31)(H,27,32)/t11-,16+/m1/s1. The lowest BCUT2D eigenvalue weighted by molar-refractivity contribution is -0.385. The van der Waals surface area contributed by atoms with Gasteiger partial charge in [-0.3, -0.25) is 14.9 Å². The fraction of sp³-hybridized carbons (Fsp3) is 0.409. The van der Waals surface area contributed by atoms with E-state index in [1.54, 1.807) is 25.7 Å². The van der Waals surface area contributed by atoms with Gasteiger partial charge in [-0.25, -0.2) is 22.9 Å². The summed E-state index contributed by atoms with van der Waals surface area (Å²) in [4.78, 5) is 40.2. The van der Waals surface area contributed by atoms with Crippen molar-refractivity contribution in [2.24, 2.45) is 5.73 Å². The lowest BCUT2D eigenvalue weighted by Gasteiger charge is -2.40. The molecule has 10 nitrogen and oxygen atoms in total. The Morgan fingerprint density at radius 1 is 1.20 bits per heavy atom. The van der Waals surface area contributed by atoms with Crippen LogP contribution in [-0.2, 0) is 4.74 Å². The average molecular weight is 495 g/mol. The molecule has 0 saturated carbocycles. The Morgan fingerprint density at radius 2 is 1.86 bits per heavy atom. The summed E-state index contributed by atoms with van der Waals surface area (Å²) in [7, 11) is 0. The smallest absolute Gasteiger partial charge is 0.407 e. The Labute approximate surface area is 198 Å². The number of carbonyl (C=O) groups excluding carboxylic acids is 2. The number of ether oxygens (including phenoxy) is 1.